The van der Waals surface area contributed by atoms with E-state index in [1.807, 2.05) is 37.4 Å². The van der Waals surface area contributed by atoms with Gasteiger partial charge in [0.25, 0.3) is 0 Å². The lowest BCUT2D eigenvalue weighted by Crippen LogP contribution is -2.28. The summed E-state index contributed by atoms with van der Waals surface area (Å²) in [5.41, 5.74) is 1.46. The van der Waals surface area contributed by atoms with Crippen LogP contribution in [-0.4, -0.2) is 15.7 Å². The summed E-state index contributed by atoms with van der Waals surface area (Å²) < 4.78 is 1.67. The van der Waals surface area contributed by atoms with E-state index in [4.69, 9.17) is 5.26 Å². The molecule has 2 aromatic rings. The van der Waals surface area contributed by atoms with Crippen molar-refractivity contribution in [3.8, 4) is 6.07 Å². The molecule has 0 aliphatic carbocycles. The Morgan fingerprint density at radius 2 is 2.16 bits per heavy atom. The van der Waals surface area contributed by atoms with Gasteiger partial charge in [-0.05, 0) is 11.6 Å². The molecule has 1 heterocycles. The van der Waals surface area contributed by atoms with Crippen LogP contribution in [0.25, 0.3) is 0 Å². The first-order chi connectivity index (χ1) is 9.20. The van der Waals surface area contributed by atoms with Crippen molar-refractivity contribution in [2.75, 3.05) is 0 Å². The van der Waals surface area contributed by atoms with Crippen molar-refractivity contribution in [1.82, 2.24) is 15.1 Å². The fourth-order valence-electron chi connectivity index (χ4n) is 1.77. The van der Waals surface area contributed by atoms with E-state index in [1.54, 1.807) is 23.0 Å². The molecule has 0 radical (unpaired) electrons. The minimum Gasteiger partial charge on any atom is -0.349 e. The summed E-state index contributed by atoms with van der Waals surface area (Å²) in [5, 5.41) is 16.0. The molecule has 1 aromatic carbocycles. The maximum atomic E-state index is 12.0. The van der Waals surface area contributed by atoms with Crippen molar-refractivity contribution in [3.63, 3.8) is 0 Å². The molecule has 0 bridgehead atoms. The lowest BCUT2D eigenvalue weighted by atomic mass is 10.00. The number of amides is 1. The third kappa shape index (κ3) is 3.19. The second-order valence-electron chi connectivity index (χ2n) is 4.17. The van der Waals surface area contributed by atoms with E-state index in [9.17, 15) is 4.79 Å². The van der Waals surface area contributed by atoms with Crippen LogP contribution in [-0.2, 0) is 18.4 Å². The number of nitrogens with one attached hydrogen (secondary N) is 1. The van der Waals surface area contributed by atoms with Gasteiger partial charge in [0.15, 0.2) is 0 Å². The average Bonchev–Trinajstić information content (AvgIpc) is 2.84. The van der Waals surface area contributed by atoms with Crippen LogP contribution in [0.5, 0.6) is 0 Å². The number of hydrogen-bond donors (Lipinski definition) is 1. The Kier molecular flexibility index (Phi) is 3.94. The van der Waals surface area contributed by atoms with E-state index in [2.05, 4.69) is 10.4 Å². The number of aromatic nitrogens is 2. The van der Waals surface area contributed by atoms with Gasteiger partial charge in [-0.1, -0.05) is 30.3 Å². The molecule has 1 atom stereocenters. The summed E-state index contributed by atoms with van der Waals surface area (Å²) in [6.07, 6.45) is 1.81. The van der Waals surface area contributed by atoms with Crippen LogP contribution in [0.3, 0.4) is 0 Å². The number of rotatable bonds is 4. The van der Waals surface area contributed by atoms with Gasteiger partial charge in [-0.25, -0.2) is 0 Å². The topological polar surface area (TPSA) is 70.7 Å². The number of benzene rings is 1. The maximum absolute atomic E-state index is 12.0. The van der Waals surface area contributed by atoms with Gasteiger partial charge in [0.2, 0.25) is 5.91 Å². The molecule has 0 saturated heterocycles. The van der Waals surface area contributed by atoms with Crippen LogP contribution in [0.1, 0.15) is 17.2 Å². The van der Waals surface area contributed by atoms with E-state index in [1.165, 1.54) is 0 Å². The Hall–Kier alpha value is -2.61. The van der Waals surface area contributed by atoms with Gasteiger partial charge in [0, 0.05) is 13.2 Å². The second kappa shape index (κ2) is 5.83. The number of nitrogens with zero attached hydrogens (tertiary/aromatic N) is 3. The van der Waals surface area contributed by atoms with Gasteiger partial charge in [-0.3, -0.25) is 9.48 Å². The molecule has 96 valence electrons. The van der Waals surface area contributed by atoms with E-state index in [-0.39, 0.29) is 5.91 Å². The minimum absolute atomic E-state index is 0.306. The first-order valence-corrected chi connectivity index (χ1v) is 5.91. The van der Waals surface area contributed by atoms with Crippen molar-refractivity contribution in [2.24, 2.45) is 7.05 Å². The number of hydrogen-bond acceptors (Lipinski definition) is 3. The summed E-state index contributed by atoms with van der Waals surface area (Å²) in [6, 6.07) is 12.9. The van der Waals surface area contributed by atoms with Gasteiger partial charge >= 0.3 is 0 Å². The van der Waals surface area contributed by atoms with Crippen molar-refractivity contribution in [1.29, 1.82) is 5.26 Å². The molecule has 5 nitrogen and oxygen atoms in total. The van der Waals surface area contributed by atoms with E-state index in [0.717, 1.165) is 5.69 Å². The molecular formula is C14H14N4O. The molecule has 0 aliphatic rings. The normalized spacial score (nSPS) is 11.6. The number of nitriles is 1. The standard InChI is InChI=1S/C14H14N4O/c1-18-8-7-12(17-18)10-16-14(19)13(9-15)11-5-3-2-4-6-11/h2-8,13H,10H2,1H3,(H,16,19). The molecular weight excluding hydrogens is 240 g/mol. The molecule has 1 N–H and O–H groups in total. The predicted octanol–water partition coefficient (Wildman–Crippen LogP) is 1.34. The molecule has 1 aromatic heterocycles. The van der Waals surface area contributed by atoms with Gasteiger partial charge in [-0.15, -0.1) is 0 Å². The number of aryl methyl sites for hydroxylation is 1. The summed E-state index contributed by atoms with van der Waals surface area (Å²) >= 11 is 0. The zero-order chi connectivity index (χ0) is 13.7. The third-order valence-electron chi connectivity index (χ3n) is 2.74. The van der Waals surface area contributed by atoms with Crippen molar-refractivity contribution < 1.29 is 4.79 Å². The highest BCUT2D eigenvalue weighted by Gasteiger charge is 2.19. The Balaban J connectivity index is 2.00. The molecule has 0 aliphatic heterocycles. The Labute approximate surface area is 111 Å². The number of carbonyl (C=O) groups is 1. The van der Waals surface area contributed by atoms with Crippen molar-refractivity contribution in [2.45, 2.75) is 12.5 Å². The van der Waals surface area contributed by atoms with Crippen LogP contribution in [0.4, 0.5) is 0 Å². The summed E-state index contributed by atoms with van der Waals surface area (Å²) in [7, 11) is 1.81. The Morgan fingerprint density at radius 3 is 2.74 bits per heavy atom. The van der Waals surface area contributed by atoms with E-state index in [0.29, 0.717) is 12.1 Å². The largest absolute Gasteiger partial charge is 0.349 e. The second-order valence-corrected chi connectivity index (χ2v) is 4.17. The predicted molar refractivity (Wildman–Crippen MR) is 69.9 cm³/mol. The molecule has 1 amide bonds. The highest BCUT2D eigenvalue weighted by atomic mass is 16.1. The fourth-order valence-corrected chi connectivity index (χ4v) is 1.77. The van der Waals surface area contributed by atoms with Crippen molar-refractivity contribution in [3.05, 3.63) is 53.9 Å². The SMILES string of the molecule is Cn1ccc(CNC(=O)C(C#N)c2ccccc2)n1. The van der Waals surface area contributed by atoms with Crippen molar-refractivity contribution >= 4 is 5.91 Å². The average molecular weight is 254 g/mol. The molecule has 2 rings (SSSR count). The lowest BCUT2D eigenvalue weighted by molar-refractivity contribution is -0.121. The van der Waals surface area contributed by atoms with Gasteiger partial charge in [0.1, 0.15) is 5.92 Å². The molecule has 0 saturated carbocycles. The monoisotopic (exact) mass is 254 g/mol. The van der Waals surface area contributed by atoms with Crippen LogP contribution in [0, 0.1) is 11.3 Å². The molecule has 5 heteroatoms. The maximum Gasteiger partial charge on any atom is 0.242 e. The van der Waals surface area contributed by atoms with Gasteiger partial charge < -0.3 is 5.32 Å². The smallest absolute Gasteiger partial charge is 0.242 e. The summed E-state index contributed by atoms with van der Waals surface area (Å²) in [6.45, 7) is 0.324. The number of carbonyl (C=O) groups excluding carboxylic acids is 1. The van der Waals surface area contributed by atoms with Gasteiger partial charge in [0.05, 0.1) is 18.3 Å². The van der Waals surface area contributed by atoms with E-state index < -0.39 is 5.92 Å². The van der Waals surface area contributed by atoms with Crippen LogP contribution in [0.15, 0.2) is 42.6 Å². The van der Waals surface area contributed by atoms with Crippen LogP contribution in [0.2, 0.25) is 0 Å². The summed E-state index contributed by atoms with van der Waals surface area (Å²) in [5.74, 6) is -1.09. The van der Waals surface area contributed by atoms with Crippen LogP contribution < -0.4 is 5.32 Å². The molecule has 1 unspecified atom stereocenters. The first-order valence-electron chi connectivity index (χ1n) is 5.91. The molecule has 0 spiro atoms. The zero-order valence-electron chi connectivity index (χ0n) is 10.6. The quantitative estimate of drug-likeness (QED) is 0.895. The summed E-state index contributed by atoms with van der Waals surface area (Å²) in [4.78, 5) is 12.0. The molecule has 19 heavy (non-hydrogen) atoms. The minimum atomic E-state index is -0.787. The lowest BCUT2D eigenvalue weighted by Gasteiger charge is -2.09. The zero-order valence-corrected chi connectivity index (χ0v) is 10.6. The first kappa shape index (κ1) is 12.8. The fraction of sp³-hybridized carbons (Fsp3) is 0.214. The highest BCUT2D eigenvalue weighted by Crippen LogP contribution is 2.14. The Morgan fingerprint density at radius 1 is 1.42 bits per heavy atom. The molecule has 0 fully saturated rings. The highest BCUT2D eigenvalue weighted by molar-refractivity contribution is 5.86. The Bertz CT molecular complexity index is 597. The third-order valence-corrected chi connectivity index (χ3v) is 2.74. The van der Waals surface area contributed by atoms with Gasteiger partial charge in [-0.2, -0.15) is 10.4 Å². The van der Waals surface area contributed by atoms with E-state index >= 15 is 0 Å². The van der Waals surface area contributed by atoms with Crippen LogP contribution >= 0.6 is 0 Å².